The second kappa shape index (κ2) is 7.93. The van der Waals surface area contributed by atoms with E-state index in [4.69, 9.17) is 21.1 Å². The van der Waals surface area contributed by atoms with Crippen LogP contribution in [0.25, 0.3) is 0 Å². The maximum atomic E-state index is 12.6. The Balaban J connectivity index is 2.24. The number of nitrogens with zero attached hydrogens (tertiary/aromatic N) is 1. The number of hydrogen-bond acceptors (Lipinski definition) is 6. The van der Waals surface area contributed by atoms with Crippen molar-refractivity contribution in [1.29, 1.82) is 0 Å². The number of hydrogen-bond donors (Lipinski definition) is 1. The van der Waals surface area contributed by atoms with Crippen LogP contribution in [0.3, 0.4) is 0 Å². The summed E-state index contributed by atoms with van der Waals surface area (Å²) in [6, 6.07) is 3.79. The summed E-state index contributed by atoms with van der Waals surface area (Å²) in [6.45, 7) is 0.622. The number of benzene rings is 1. The predicted molar refractivity (Wildman–Crippen MR) is 85.4 cm³/mol. The van der Waals surface area contributed by atoms with Crippen LogP contribution in [-0.4, -0.2) is 64.6 Å². The van der Waals surface area contributed by atoms with E-state index in [2.05, 4.69) is 5.32 Å². The average Bonchev–Trinajstić information content (AvgIpc) is 2.60. The first-order chi connectivity index (χ1) is 11.4. The van der Waals surface area contributed by atoms with Crippen molar-refractivity contribution in [2.75, 3.05) is 40.0 Å². The molecule has 0 aliphatic carbocycles. The summed E-state index contributed by atoms with van der Waals surface area (Å²) < 4.78 is 36.4. The Morgan fingerprint density at radius 1 is 1.33 bits per heavy atom. The number of amides is 1. The van der Waals surface area contributed by atoms with Gasteiger partial charge in [-0.25, -0.2) is 13.2 Å². The third-order valence-electron chi connectivity index (χ3n) is 3.38. The number of likely N-dealkylation sites (N-methyl/N-ethyl adjacent to an activating group) is 1. The molecule has 132 valence electrons. The van der Waals surface area contributed by atoms with E-state index in [1.165, 1.54) is 23.5 Å². The lowest BCUT2D eigenvalue weighted by Gasteiger charge is -2.26. The van der Waals surface area contributed by atoms with Gasteiger partial charge in [-0.3, -0.25) is 4.79 Å². The number of morpholine rings is 1. The molecule has 1 aromatic rings. The predicted octanol–water partition coefficient (Wildman–Crippen LogP) is 0.264. The molecular formula is C14H17ClN2O6S. The van der Waals surface area contributed by atoms with Gasteiger partial charge in [-0.2, -0.15) is 4.31 Å². The largest absolute Gasteiger partial charge is 0.452 e. The van der Waals surface area contributed by atoms with E-state index in [1.807, 2.05) is 0 Å². The molecular weight excluding hydrogens is 360 g/mol. The van der Waals surface area contributed by atoms with E-state index in [9.17, 15) is 18.0 Å². The van der Waals surface area contributed by atoms with Crippen LogP contribution >= 0.6 is 11.6 Å². The van der Waals surface area contributed by atoms with E-state index >= 15 is 0 Å². The maximum Gasteiger partial charge on any atom is 0.340 e. The van der Waals surface area contributed by atoms with Gasteiger partial charge in [-0.1, -0.05) is 11.6 Å². The molecule has 2 rings (SSSR count). The minimum absolute atomic E-state index is 0.0397. The number of esters is 1. The number of ether oxygens (including phenoxy) is 2. The van der Waals surface area contributed by atoms with E-state index in [1.54, 1.807) is 0 Å². The number of carbonyl (C=O) groups is 2. The van der Waals surface area contributed by atoms with Gasteiger partial charge in [0.2, 0.25) is 10.0 Å². The van der Waals surface area contributed by atoms with Crippen LogP contribution in [0.5, 0.6) is 0 Å². The summed E-state index contributed by atoms with van der Waals surface area (Å²) in [4.78, 5) is 23.1. The topological polar surface area (TPSA) is 102 Å². The van der Waals surface area contributed by atoms with Gasteiger partial charge < -0.3 is 14.8 Å². The Labute approximate surface area is 144 Å². The van der Waals surface area contributed by atoms with Gasteiger partial charge in [0.1, 0.15) is 0 Å². The molecule has 0 saturated carbocycles. The number of rotatable bonds is 5. The molecule has 8 nitrogen and oxygen atoms in total. The van der Waals surface area contributed by atoms with Gasteiger partial charge in [0.05, 0.1) is 28.7 Å². The molecule has 1 fully saturated rings. The summed E-state index contributed by atoms with van der Waals surface area (Å²) in [5.74, 6) is -1.36. The minimum atomic E-state index is -3.76. The van der Waals surface area contributed by atoms with Crippen molar-refractivity contribution in [3.05, 3.63) is 28.8 Å². The molecule has 0 spiro atoms. The maximum absolute atomic E-state index is 12.6. The molecule has 0 radical (unpaired) electrons. The van der Waals surface area contributed by atoms with Crippen LogP contribution in [0.2, 0.25) is 5.02 Å². The van der Waals surface area contributed by atoms with Gasteiger partial charge >= 0.3 is 5.97 Å². The van der Waals surface area contributed by atoms with Gasteiger partial charge in [-0.05, 0) is 18.2 Å². The van der Waals surface area contributed by atoms with Crippen molar-refractivity contribution in [3.63, 3.8) is 0 Å². The molecule has 1 aromatic carbocycles. The van der Waals surface area contributed by atoms with Gasteiger partial charge in [0.25, 0.3) is 5.91 Å². The van der Waals surface area contributed by atoms with E-state index < -0.39 is 28.5 Å². The van der Waals surface area contributed by atoms with Crippen molar-refractivity contribution >= 4 is 33.5 Å². The highest BCUT2D eigenvalue weighted by Gasteiger charge is 2.28. The van der Waals surface area contributed by atoms with Gasteiger partial charge in [-0.15, -0.1) is 0 Å². The van der Waals surface area contributed by atoms with E-state index in [-0.39, 0.29) is 28.6 Å². The van der Waals surface area contributed by atoms with Gasteiger partial charge in [0, 0.05) is 20.1 Å². The Morgan fingerprint density at radius 3 is 2.62 bits per heavy atom. The van der Waals surface area contributed by atoms with Crippen molar-refractivity contribution in [3.8, 4) is 0 Å². The third-order valence-corrected chi connectivity index (χ3v) is 5.60. The van der Waals surface area contributed by atoms with Crippen LogP contribution in [0.4, 0.5) is 0 Å². The summed E-state index contributed by atoms with van der Waals surface area (Å²) in [5.41, 5.74) is -0.116. The molecule has 0 unspecified atom stereocenters. The standard InChI is InChI=1S/C14H17ClN2O6S/c1-16-13(18)9-23-14(19)11-8-10(2-3-12(11)15)24(20,21)17-4-6-22-7-5-17/h2-3,8H,4-7,9H2,1H3,(H,16,18). The molecule has 1 aliphatic rings. The first-order valence-electron chi connectivity index (χ1n) is 7.11. The highest BCUT2D eigenvalue weighted by molar-refractivity contribution is 7.89. The summed E-state index contributed by atoms with van der Waals surface area (Å²) >= 11 is 5.95. The highest BCUT2D eigenvalue weighted by Crippen LogP contribution is 2.24. The minimum Gasteiger partial charge on any atom is -0.452 e. The third kappa shape index (κ3) is 4.23. The van der Waals surface area contributed by atoms with Crippen LogP contribution in [0.1, 0.15) is 10.4 Å². The zero-order chi connectivity index (χ0) is 17.7. The fourth-order valence-electron chi connectivity index (χ4n) is 2.04. The van der Waals surface area contributed by atoms with Crippen LogP contribution < -0.4 is 5.32 Å². The lowest BCUT2D eigenvalue weighted by molar-refractivity contribution is -0.123. The molecule has 0 bridgehead atoms. The number of nitrogens with one attached hydrogen (secondary N) is 1. The Morgan fingerprint density at radius 2 is 2.00 bits per heavy atom. The fraction of sp³-hybridized carbons (Fsp3) is 0.429. The molecule has 10 heteroatoms. The summed E-state index contributed by atoms with van der Waals surface area (Å²) in [5, 5.41) is 2.34. The van der Waals surface area contributed by atoms with E-state index in [0.29, 0.717) is 13.2 Å². The lowest BCUT2D eigenvalue weighted by atomic mass is 10.2. The SMILES string of the molecule is CNC(=O)COC(=O)c1cc(S(=O)(=O)N2CCOCC2)ccc1Cl. The first-order valence-corrected chi connectivity index (χ1v) is 8.93. The Hall–Kier alpha value is -1.68. The molecule has 1 N–H and O–H groups in total. The van der Waals surface area contributed by atoms with Crippen molar-refractivity contribution in [1.82, 2.24) is 9.62 Å². The van der Waals surface area contributed by atoms with Crippen LogP contribution in [-0.2, 0) is 24.3 Å². The van der Waals surface area contributed by atoms with Gasteiger partial charge in [0.15, 0.2) is 6.61 Å². The monoisotopic (exact) mass is 376 g/mol. The van der Waals surface area contributed by atoms with Crippen LogP contribution in [0, 0.1) is 0 Å². The second-order valence-electron chi connectivity index (χ2n) is 4.91. The molecule has 1 aliphatic heterocycles. The first kappa shape index (κ1) is 18.7. The zero-order valence-electron chi connectivity index (χ0n) is 13.0. The molecule has 24 heavy (non-hydrogen) atoms. The molecule has 0 atom stereocenters. The highest BCUT2D eigenvalue weighted by atomic mass is 35.5. The number of halogens is 1. The van der Waals surface area contributed by atoms with Crippen molar-refractivity contribution < 1.29 is 27.5 Å². The summed E-state index contributed by atoms with van der Waals surface area (Å²) in [6.07, 6.45) is 0. The second-order valence-corrected chi connectivity index (χ2v) is 7.25. The summed E-state index contributed by atoms with van der Waals surface area (Å²) in [7, 11) is -2.36. The fourth-order valence-corrected chi connectivity index (χ4v) is 3.67. The quantitative estimate of drug-likeness (QED) is 0.740. The number of sulfonamides is 1. The normalized spacial score (nSPS) is 15.8. The average molecular weight is 377 g/mol. The van der Waals surface area contributed by atoms with E-state index in [0.717, 1.165) is 6.07 Å². The van der Waals surface area contributed by atoms with Crippen molar-refractivity contribution in [2.24, 2.45) is 0 Å². The molecule has 1 amide bonds. The lowest BCUT2D eigenvalue weighted by Crippen LogP contribution is -2.40. The smallest absolute Gasteiger partial charge is 0.340 e. The Bertz CT molecular complexity index is 731. The number of carbonyl (C=O) groups excluding carboxylic acids is 2. The van der Waals surface area contributed by atoms with Crippen LogP contribution in [0.15, 0.2) is 23.1 Å². The van der Waals surface area contributed by atoms with Crippen molar-refractivity contribution in [2.45, 2.75) is 4.90 Å². The zero-order valence-corrected chi connectivity index (χ0v) is 14.5. The molecule has 1 saturated heterocycles. The Kier molecular flexibility index (Phi) is 6.16. The molecule has 1 heterocycles. The molecule has 0 aromatic heterocycles.